The Morgan fingerprint density at radius 2 is 1.58 bits per heavy atom. The number of nitrogens with one attached hydrogen (secondary N) is 1. The molecule has 0 saturated heterocycles. The summed E-state index contributed by atoms with van der Waals surface area (Å²) < 4.78 is 60.5. The van der Waals surface area contributed by atoms with Crippen LogP contribution in [0.2, 0.25) is 0 Å². The van der Waals surface area contributed by atoms with Gasteiger partial charge in [-0.05, 0) is 48.0 Å². The quantitative estimate of drug-likeness (QED) is 0.152. The van der Waals surface area contributed by atoms with E-state index in [1.807, 2.05) is 0 Å². The zero-order valence-corrected chi connectivity index (χ0v) is 19.1. The molecule has 2 aliphatic rings. The van der Waals surface area contributed by atoms with Gasteiger partial charge < -0.3 is 37.8 Å². The molecule has 1 heterocycles. The molecule has 0 spiro atoms. The van der Waals surface area contributed by atoms with E-state index >= 15 is 0 Å². The molecule has 0 bridgehead atoms. The minimum atomic E-state index is -3.16. The van der Waals surface area contributed by atoms with Gasteiger partial charge in [0.2, 0.25) is 11.5 Å². The fourth-order valence-electron chi connectivity index (χ4n) is 3.65. The maximum atomic E-state index is 12.0. The van der Waals surface area contributed by atoms with E-state index in [1.54, 1.807) is 0 Å². The van der Waals surface area contributed by atoms with Gasteiger partial charge >= 0.3 is 11.9 Å². The molecule has 0 radical (unpaired) electrons. The van der Waals surface area contributed by atoms with Crippen LogP contribution in [-0.4, -0.2) is 39.7 Å². The number of benzene rings is 3. The molecular weight excluding hydrogens is 520 g/mol. The van der Waals surface area contributed by atoms with Gasteiger partial charge in [0.15, 0.2) is 11.3 Å². The highest BCUT2D eigenvalue weighted by Crippen LogP contribution is 2.47. The summed E-state index contributed by atoms with van der Waals surface area (Å²) in [6.45, 7) is 0. The zero-order valence-electron chi connectivity index (χ0n) is 17.5. The molecular formula is C21H12N2O11S2-2. The van der Waals surface area contributed by atoms with Crippen molar-refractivity contribution >= 4 is 51.3 Å². The summed E-state index contributed by atoms with van der Waals surface area (Å²) in [6, 6.07) is 8.27. The molecule has 1 aliphatic carbocycles. The van der Waals surface area contributed by atoms with Gasteiger partial charge in [-0.15, -0.1) is 0 Å². The Kier molecular flexibility index (Phi) is 6.47. The van der Waals surface area contributed by atoms with Gasteiger partial charge in [-0.1, -0.05) is 0 Å². The van der Waals surface area contributed by atoms with Gasteiger partial charge in [-0.3, -0.25) is 5.41 Å². The highest BCUT2D eigenvalue weighted by Gasteiger charge is 2.28. The van der Waals surface area contributed by atoms with Crippen molar-refractivity contribution in [2.24, 2.45) is 0 Å². The van der Waals surface area contributed by atoms with E-state index in [0.717, 1.165) is 24.3 Å². The van der Waals surface area contributed by atoms with Gasteiger partial charge in [0.05, 0.1) is 16.8 Å². The number of hydrogen-bond donors (Lipinski definition) is 4. The van der Waals surface area contributed by atoms with Gasteiger partial charge in [0.25, 0.3) is 0 Å². The van der Waals surface area contributed by atoms with E-state index < -0.39 is 57.3 Å². The van der Waals surface area contributed by atoms with Gasteiger partial charge in [-0.2, -0.15) is 0 Å². The third-order valence-corrected chi connectivity index (χ3v) is 5.67. The first-order chi connectivity index (χ1) is 17.0. The average Bonchev–Trinajstić information content (AvgIpc) is 2.80. The average molecular weight is 532 g/mol. The third kappa shape index (κ3) is 4.38. The molecule has 13 nitrogen and oxygen atoms in total. The van der Waals surface area contributed by atoms with Crippen LogP contribution in [0.5, 0.6) is 11.5 Å². The summed E-state index contributed by atoms with van der Waals surface area (Å²) in [7, 11) is 0. The Hall–Kier alpha value is -4.31. The molecule has 4 rings (SSSR count). The number of hydrogen-bond acceptors (Lipinski definition) is 11. The number of fused-ring (bicyclic) bond motifs is 2. The minimum absolute atomic E-state index is 0.00480. The lowest BCUT2D eigenvalue weighted by Gasteiger charge is -2.21. The summed E-state index contributed by atoms with van der Waals surface area (Å²) in [5.74, 6) is -4.31. The first kappa shape index (κ1) is 24.8. The van der Waals surface area contributed by atoms with Crippen molar-refractivity contribution in [3.05, 3.63) is 58.9 Å². The van der Waals surface area contributed by atoms with E-state index in [-0.39, 0.29) is 44.5 Å². The maximum Gasteiger partial charge on any atom is 0.336 e. The van der Waals surface area contributed by atoms with Crippen LogP contribution >= 0.6 is 0 Å². The smallest absolute Gasteiger partial charge is 0.336 e. The minimum Gasteiger partial charge on any atom is -0.740 e. The molecule has 0 saturated carbocycles. The number of aromatic carboxylic acids is 2. The lowest BCUT2D eigenvalue weighted by atomic mass is 9.89. The molecule has 5 N–H and O–H groups in total. The molecule has 0 amide bonds. The molecule has 0 fully saturated rings. The second-order valence-electron chi connectivity index (χ2n) is 7.10. The Balaban J connectivity index is 2.28. The normalized spacial score (nSPS) is 12.8. The Labute approximate surface area is 205 Å². The van der Waals surface area contributed by atoms with Crippen molar-refractivity contribution in [3.8, 4) is 33.9 Å². The SMILES string of the molecule is N=c1ccc2c(-c3cc(C(=O)O)ccc3C(=O)O)c3ccc(N)c(OS(=O)[O-])c3oc-2c1OS(=O)[O-]. The van der Waals surface area contributed by atoms with Crippen LogP contribution in [0, 0.1) is 5.41 Å². The maximum absolute atomic E-state index is 12.0. The van der Waals surface area contributed by atoms with Crippen LogP contribution in [0.25, 0.3) is 33.4 Å². The van der Waals surface area contributed by atoms with Crippen LogP contribution in [-0.2, 0) is 22.7 Å². The van der Waals surface area contributed by atoms with Crippen molar-refractivity contribution in [3.63, 3.8) is 0 Å². The van der Waals surface area contributed by atoms with Crippen LogP contribution in [0.4, 0.5) is 5.69 Å². The Bertz CT molecular complexity index is 1650. The molecule has 15 heteroatoms. The largest absolute Gasteiger partial charge is 0.740 e. The molecule has 1 aliphatic heterocycles. The van der Waals surface area contributed by atoms with Crippen molar-refractivity contribution in [1.29, 1.82) is 5.41 Å². The monoisotopic (exact) mass is 532 g/mol. The number of rotatable bonds is 7. The predicted octanol–water partition coefficient (Wildman–Crippen LogP) is 2.01. The van der Waals surface area contributed by atoms with Crippen molar-refractivity contribution in [1.82, 2.24) is 0 Å². The molecule has 36 heavy (non-hydrogen) atoms. The van der Waals surface area contributed by atoms with Gasteiger partial charge in [-0.25, -0.2) is 18.0 Å². The zero-order chi connectivity index (χ0) is 26.3. The van der Waals surface area contributed by atoms with Crippen molar-refractivity contribution in [2.45, 2.75) is 0 Å². The van der Waals surface area contributed by atoms with Crippen LogP contribution < -0.4 is 19.5 Å². The highest BCUT2D eigenvalue weighted by molar-refractivity contribution is 7.74. The van der Waals surface area contributed by atoms with Gasteiger partial charge in [0, 0.05) is 16.5 Å². The number of carboxylic acid groups (broad SMARTS) is 2. The predicted molar refractivity (Wildman–Crippen MR) is 122 cm³/mol. The first-order valence-corrected chi connectivity index (χ1v) is 11.5. The molecule has 2 aromatic rings. The first-order valence-electron chi connectivity index (χ1n) is 9.52. The van der Waals surface area contributed by atoms with Crippen LogP contribution in [0.1, 0.15) is 20.7 Å². The second kappa shape index (κ2) is 9.38. The van der Waals surface area contributed by atoms with Crippen molar-refractivity contribution < 1.29 is 50.1 Å². The molecule has 2 aromatic carbocycles. The van der Waals surface area contributed by atoms with Crippen LogP contribution in [0.3, 0.4) is 0 Å². The van der Waals surface area contributed by atoms with Crippen LogP contribution in [0.15, 0.2) is 46.9 Å². The summed E-state index contributed by atoms with van der Waals surface area (Å²) >= 11 is -6.30. The summed E-state index contributed by atoms with van der Waals surface area (Å²) in [6.07, 6.45) is 0. The Morgan fingerprint density at radius 1 is 0.917 bits per heavy atom. The number of nitrogens with two attached hydrogens (primary N) is 1. The summed E-state index contributed by atoms with van der Waals surface area (Å²) in [5.41, 5.74) is 4.53. The summed E-state index contributed by atoms with van der Waals surface area (Å²) in [5, 5.41) is 26.9. The molecule has 186 valence electrons. The lowest BCUT2D eigenvalue weighted by molar-refractivity contribution is 0.0682. The van der Waals surface area contributed by atoms with E-state index in [9.17, 15) is 37.3 Å². The van der Waals surface area contributed by atoms with E-state index in [1.165, 1.54) is 18.2 Å². The standard InChI is InChI=1S/C21H14N2O11S2/c22-13-5-3-10-15(12-7-8(20(24)25)1-2-9(12)21(26)27)11-4-6-14(23)19(34-36(30)31)17(11)32-16(10)18(13)33-35(28)29/h1-7,22H,23H2,(H,24,25)(H,26,27)(H,28,29)(H,30,31)/p-2. The topological polar surface area (TPSA) is 236 Å². The lowest BCUT2D eigenvalue weighted by Crippen LogP contribution is -2.12. The van der Waals surface area contributed by atoms with Gasteiger partial charge in [0.1, 0.15) is 28.1 Å². The number of nitrogen functional groups attached to an aromatic ring is 1. The fourth-order valence-corrected chi connectivity index (χ4v) is 4.26. The number of carbonyl (C=O) groups is 2. The number of carboxylic acids is 2. The Morgan fingerprint density at radius 3 is 2.19 bits per heavy atom. The van der Waals surface area contributed by atoms with E-state index in [4.69, 9.17) is 23.9 Å². The molecule has 2 unspecified atom stereocenters. The third-order valence-electron chi connectivity index (χ3n) is 5.07. The molecule has 0 aromatic heterocycles. The molecule has 2 atom stereocenters. The van der Waals surface area contributed by atoms with Crippen molar-refractivity contribution in [2.75, 3.05) is 5.73 Å². The second-order valence-corrected chi connectivity index (χ2v) is 8.25. The summed E-state index contributed by atoms with van der Waals surface area (Å²) in [4.78, 5) is 23.7. The van der Waals surface area contributed by atoms with E-state index in [2.05, 4.69) is 0 Å². The highest BCUT2D eigenvalue weighted by atomic mass is 32.2. The van der Waals surface area contributed by atoms with E-state index in [0.29, 0.717) is 0 Å². The number of anilines is 1. The fraction of sp³-hybridized carbons (Fsp3) is 0.